The number of nitrogens with zero attached hydrogens (tertiary/aromatic N) is 2. The number of aromatic carboxylic acids is 1. The van der Waals surface area contributed by atoms with Crippen molar-refractivity contribution in [2.24, 2.45) is 0 Å². The van der Waals surface area contributed by atoms with Crippen molar-refractivity contribution >= 4 is 5.97 Å². The molecule has 0 aromatic carbocycles. The number of carboxylic acid groups (broad SMARTS) is 1. The normalized spacial score (nSPS) is 10.3. The third-order valence-electron chi connectivity index (χ3n) is 1.95. The van der Waals surface area contributed by atoms with Gasteiger partial charge in [0.15, 0.2) is 5.69 Å². The number of hydrogen-bond donors (Lipinski definition) is 1. The molecule has 0 saturated heterocycles. The van der Waals surface area contributed by atoms with Gasteiger partial charge in [-0.25, -0.2) is 9.78 Å². The first-order valence-electron chi connectivity index (χ1n) is 5.49. The third-order valence-corrected chi connectivity index (χ3v) is 1.95. The van der Waals surface area contributed by atoms with Gasteiger partial charge < -0.3 is 19.3 Å². The second-order valence-corrected chi connectivity index (χ2v) is 3.35. The average molecular weight is 256 g/mol. The highest BCUT2D eigenvalue weighted by Gasteiger charge is 2.06. The molecule has 0 aliphatic carbocycles. The van der Waals surface area contributed by atoms with E-state index in [0.29, 0.717) is 32.8 Å². The van der Waals surface area contributed by atoms with Gasteiger partial charge in [-0.1, -0.05) is 0 Å². The van der Waals surface area contributed by atoms with E-state index in [1.54, 1.807) is 7.11 Å². The first-order valence-corrected chi connectivity index (χ1v) is 5.49. The monoisotopic (exact) mass is 256 g/mol. The van der Waals surface area contributed by atoms with E-state index in [0.717, 1.165) is 0 Å². The lowest BCUT2D eigenvalue weighted by Gasteiger charge is -2.06. The summed E-state index contributed by atoms with van der Waals surface area (Å²) in [6.07, 6.45) is 3.23. The van der Waals surface area contributed by atoms with Crippen LogP contribution < -0.4 is 4.74 Å². The Bertz CT molecular complexity index is 372. The van der Waals surface area contributed by atoms with Gasteiger partial charge in [0, 0.05) is 20.1 Å². The number of hydrogen-bond acceptors (Lipinski definition) is 6. The van der Waals surface area contributed by atoms with Gasteiger partial charge in [-0.15, -0.1) is 0 Å². The van der Waals surface area contributed by atoms with Gasteiger partial charge in [0.05, 0.1) is 32.2 Å². The van der Waals surface area contributed by atoms with E-state index >= 15 is 0 Å². The van der Waals surface area contributed by atoms with Crippen LogP contribution in [0.25, 0.3) is 0 Å². The molecule has 100 valence electrons. The van der Waals surface area contributed by atoms with E-state index in [1.165, 1.54) is 12.4 Å². The second kappa shape index (κ2) is 8.37. The van der Waals surface area contributed by atoms with Gasteiger partial charge in [-0.3, -0.25) is 4.98 Å². The summed E-state index contributed by atoms with van der Waals surface area (Å²) >= 11 is 0. The van der Waals surface area contributed by atoms with Crippen LogP contribution in [-0.4, -0.2) is 54.6 Å². The van der Waals surface area contributed by atoms with Crippen LogP contribution in [0.2, 0.25) is 0 Å². The molecule has 18 heavy (non-hydrogen) atoms. The quantitative estimate of drug-likeness (QED) is 0.647. The van der Waals surface area contributed by atoms with Crippen LogP contribution in [0.3, 0.4) is 0 Å². The summed E-state index contributed by atoms with van der Waals surface area (Å²) in [5.41, 5.74) is -0.135. The number of methoxy groups -OCH3 is 1. The Hall–Kier alpha value is -1.73. The van der Waals surface area contributed by atoms with Crippen LogP contribution in [-0.2, 0) is 9.47 Å². The van der Waals surface area contributed by atoms with Gasteiger partial charge in [0.1, 0.15) is 0 Å². The molecule has 7 heteroatoms. The zero-order valence-electron chi connectivity index (χ0n) is 10.2. The molecule has 0 aliphatic rings. The molecule has 0 unspecified atom stereocenters. The topological polar surface area (TPSA) is 90.8 Å². The molecule has 1 rings (SSSR count). The number of rotatable bonds is 9. The minimum absolute atomic E-state index is 0.135. The van der Waals surface area contributed by atoms with E-state index in [2.05, 4.69) is 9.97 Å². The maximum atomic E-state index is 10.6. The standard InChI is InChI=1S/C11H16N2O5/c1-16-5-6-17-3-2-4-18-10-8-12-7-9(13-10)11(14)15/h7-8H,2-6H2,1H3,(H,14,15). The fourth-order valence-corrected chi connectivity index (χ4v) is 1.10. The third kappa shape index (κ3) is 5.55. The molecule has 0 radical (unpaired) electrons. The molecule has 1 N–H and O–H groups in total. The van der Waals surface area contributed by atoms with Gasteiger partial charge in [0.25, 0.3) is 0 Å². The molecular formula is C11H16N2O5. The summed E-state index contributed by atoms with van der Waals surface area (Å²) in [6.45, 7) is 2.05. The van der Waals surface area contributed by atoms with Crippen LogP contribution in [0, 0.1) is 0 Å². The Morgan fingerprint density at radius 1 is 1.28 bits per heavy atom. The first-order chi connectivity index (χ1) is 8.74. The Morgan fingerprint density at radius 3 is 2.83 bits per heavy atom. The highest BCUT2D eigenvalue weighted by atomic mass is 16.5. The molecule has 0 saturated carbocycles. The molecule has 7 nitrogen and oxygen atoms in total. The van der Waals surface area contributed by atoms with Crippen molar-refractivity contribution in [2.75, 3.05) is 33.5 Å². The molecule has 1 aromatic heterocycles. The summed E-state index contributed by atoms with van der Waals surface area (Å²) in [4.78, 5) is 18.1. The lowest BCUT2D eigenvalue weighted by atomic mass is 10.4. The Kier molecular flexibility index (Phi) is 6.67. The van der Waals surface area contributed by atoms with Crippen LogP contribution in [0.15, 0.2) is 12.4 Å². The highest BCUT2D eigenvalue weighted by molar-refractivity contribution is 5.84. The van der Waals surface area contributed by atoms with Crippen molar-refractivity contribution in [1.29, 1.82) is 0 Å². The van der Waals surface area contributed by atoms with E-state index in [-0.39, 0.29) is 11.6 Å². The fourth-order valence-electron chi connectivity index (χ4n) is 1.10. The number of ether oxygens (including phenoxy) is 3. The Morgan fingerprint density at radius 2 is 2.11 bits per heavy atom. The van der Waals surface area contributed by atoms with Gasteiger partial charge in [-0.05, 0) is 0 Å². The predicted molar refractivity (Wildman–Crippen MR) is 61.8 cm³/mol. The molecule has 0 aliphatic heterocycles. The number of carboxylic acids is 1. The maximum absolute atomic E-state index is 10.6. The smallest absolute Gasteiger partial charge is 0.356 e. The van der Waals surface area contributed by atoms with Gasteiger partial charge in [-0.2, -0.15) is 0 Å². The molecule has 0 fully saturated rings. The van der Waals surface area contributed by atoms with Crippen LogP contribution >= 0.6 is 0 Å². The lowest BCUT2D eigenvalue weighted by molar-refractivity contribution is 0.0639. The van der Waals surface area contributed by atoms with Crippen LogP contribution in [0.5, 0.6) is 5.88 Å². The van der Waals surface area contributed by atoms with E-state index in [4.69, 9.17) is 19.3 Å². The van der Waals surface area contributed by atoms with Crippen molar-refractivity contribution < 1.29 is 24.1 Å². The minimum atomic E-state index is -1.13. The van der Waals surface area contributed by atoms with Crippen LogP contribution in [0.4, 0.5) is 0 Å². The lowest BCUT2D eigenvalue weighted by Crippen LogP contribution is -2.08. The van der Waals surface area contributed by atoms with Crippen molar-refractivity contribution in [1.82, 2.24) is 9.97 Å². The van der Waals surface area contributed by atoms with E-state index < -0.39 is 5.97 Å². The number of carbonyl (C=O) groups is 1. The molecule has 1 aromatic rings. The highest BCUT2D eigenvalue weighted by Crippen LogP contribution is 2.05. The Balaban J connectivity index is 2.19. The SMILES string of the molecule is COCCOCCCOc1cncc(C(=O)O)n1. The van der Waals surface area contributed by atoms with Crippen molar-refractivity contribution in [3.8, 4) is 5.88 Å². The molecular weight excluding hydrogens is 240 g/mol. The first kappa shape index (κ1) is 14.3. The summed E-state index contributed by atoms with van der Waals surface area (Å²) in [5, 5.41) is 8.71. The maximum Gasteiger partial charge on any atom is 0.356 e. The van der Waals surface area contributed by atoms with Gasteiger partial charge in [0.2, 0.25) is 5.88 Å². The van der Waals surface area contributed by atoms with Crippen molar-refractivity contribution in [3.05, 3.63) is 18.1 Å². The van der Waals surface area contributed by atoms with Crippen LogP contribution in [0.1, 0.15) is 16.9 Å². The zero-order valence-corrected chi connectivity index (χ0v) is 10.2. The van der Waals surface area contributed by atoms with E-state index in [9.17, 15) is 4.79 Å². The number of aromatic nitrogens is 2. The largest absolute Gasteiger partial charge is 0.476 e. The summed E-state index contributed by atoms with van der Waals surface area (Å²) in [7, 11) is 1.61. The minimum Gasteiger partial charge on any atom is -0.476 e. The average Bonchev–Trinajstić information content (AvgIpc) is 2.38. The van der Waals surface area contributed by atoms with Gasteiger partial charge >= 0.3 is 5.97 Å². The van der Waals surface area contributed by atoms with E-state index in [1.807, 2.05) is 0 Å². The molecule has 0 amide bonds. The predicted octanol–water partition coefficient (Wildman–Crippen LogP) is 0.607. The molecule has 1 heterocycles. The molecule has 0 bridgehead atoms. The fraction of sp³-hybridized carbons (Fsp3) is 0.545. The summed E-state index contributed by atoms with van der Waals surface area (Å²) in [6, 6.07) is 0. The Labute approximate surface area is 105 Å². The summed E-state index contributed by atoms with van der Waals surface area (Å²) < 4.78 is 15.3. The summed E-state index contributed by atoms with van der Waals surface area (Å²) in [5.74, 6) is -0.928. The molecule has 0 atom stereocenters. The van der Waals surface area contributed by atoms with Crippen molar-refractivity contribution in [3.63, 3.8) is 0 Å². The second-order valence-electron chi connectivity index (χ2n) is 3.35. The van der Waals surface area contributed by atoms with Crippen molar-refractivity contribution in [2.45, 2.75) is 6.42 Å². The molecule has 0 spiro atoms. The zero-order chi connectivity index (χ0) is 13.2.